The third-order valence-corrected chi connectivity index (χ3v) is 5.35. The van der Waals surface area contributed by atoms with Crippen LogP contribution in [0, 0.1) is 5.92 Å². The van der Waals surface area contributed by atoms with Gasteiger partial charge in [0, 0.05) is 28.1 Å². The maximum atomic E-state index is 12.4. The van der Waals surface area contributed by atoms with E-state index in [1.165, 1.54) is 28.4 Å². The second-order valence-corrected chi connectivity index (χ2v) is 7.30. The van der Waals surface area contributed by atoms with Crippen LogP contribution in [0.5, 0.6) is 17.2 Å². The van der Waals surface area contributed by atoms with Crippen LogP contribution in [0.25, 0.3) is 0 Å². The van der Waals surface area contributed by atoms with Crippen LogP contribution in [-0.4, -0.2) is 47.5 Å². The van der Waals surface area contributed by atoms with Gasteiger partial charge in [-0.1, -0.05) is 28.1 Å². The van der Waals surface area contributed by atoms with Crippen LogP contribution in [0.3, 0.4) is 0 Å². The lowest BCUT2D eigenvalue weighted by Gasteiger charge is -2.25. The zero-order valence-electron chi connectivity index (χ0n) is 17.6. The molecule has 0 saturated carbocycles. The Morgan fingerprint density at radius 2 is 1.33 bits per heavy atom. The van der Waals surface area contributed by atoms with Gasteiger partial charge in [0.25, 0.3) is 0 Å². The minimum Gasteiger partial charge on any atom is -0.496 e. The summed E-state index contributed by atoms with van der Waals surface area (Å²) < 4.78 is 27.1. The highest BCUT2D eigenvalue weighted by atomic mass is 79.9. The van der Waals surface area contributed by atoms with Crippen LogP contribution in [0.4, 0.5) is 0 Å². The molecule has 0 aromatic heterocycles. The zero-order valence-corrected chi connectivity index (χ0v) is 19.1. The highest BCUT2D eigenvalue weighted by molar-refractivity contribution is 9.10. The Hall–Kier alpha value is -2.74. The fourth-order valence-corrected chi connectivity index (χ4v) is 3.56. The first kappa shape index (κ1) is 23.5. The second-order valence-electron chi connectivity index (χ2n) is 6.38. The number of carbonyl (C=O) groups excluding carboxylic acids is 2. The summed E-state index contributed by atoms with van der Waals surface area (Å²) in [6, 6.07) is 11.0. The van der Waals surface area contributed by atoms with Crippen LogP contribution in [0.2, 0.25) is 0 Å². The van der Waals surface area contributed by atoms with Crippen molar-refractivity contribution in [1.29, 1.82) is 0 Å². The molecule has 0 aliphatic rings. The highest BCUT2D eigenvalue weighted by Gasteiger charge is 2.35. The summed E-state index contributed by atoms with van der Waals surface area (Å²) in [5.74, 6) is -1.33. The van der Waals surface area contributed by atoms with Crippen molar-refractivity contribution in [3.8, 4) is 17.2 Å². The molecule has 0 fully saturated rings. The number of hydrogen-bond acceptors (Lipinski definition) is 7. The normalized spacial score (nSPS) is 11.6. The molecule has 1 unspecified atom stereocenters. The highest BCUT2D eigenvalue weighted by Crippen LogP contribution is 2.45. The molecule has 7 nitrogen and oxygen atoms in total. The van der Waals surface area contributed by atoms with Crippen molar-refractivity contribution in [3.63, 3.8) is 0 Å². The van der Waals surface area contributed by atoms with Crippen molar-refractivity contribution < 1.29 is 33.3 Å². The van der Waals surface area contributed by atoms with E-state index in [0.717, 1.165) is 10.0 Å². The first-order valence-corrected chi connectivity index (χ1v) is 9.90. The van der Waals surface area contributed by atoms with E-state index < -0.39 is 23.8 Å². The van der Waals surface area contributed by atoms with Crippen LogP contribution in [0.15, 0.2) is 40.9 Å². The maximum absolute atomic E-state index is 12.4. The Morgan fingerprint density at radius 3 is 1.73 bits per heavy atom. The number of hydrogen-bond donors (Lipinski definition) is 0. The molecular formula is C22H25BrO7. The first-order valence-electron chi connectivity index (χ1n) is 9.11. The number of benzene rings is 2. The van der Waals surface area contributed by atoms with Crippen LogP contribution in [0.1, 0.15) is 23.5 Å². The van der Waals surface area contributed by atoms with E-state index in [1.54, 1.807) is 19.2 Å². The summed E-state index contributed by atoms with van der Waals surface area (Å²) in [5.41, 5.74) is 1.54. The number of rotatable bonds is 9. The summed E-state index contributed by atoms with van der Waals surface area (Å²) >= 11 is 3.43. The van der Waals surface area contributed by atoms with E-state index in [-0.39, 0.29) is 6.42 Å². The third kappa shape index (κ3) is 5.24. The molecule has 0 N–H and O–H groups in total. The van der Waals surface area contributed by atoms with E-state index >= 15 is 0 Å². The molecule has 0 heterocycles. The first-order chi connectivity index (χ1) is 14.4. The van der Waals surface area contributed by atoms with Crippen LogP contribution < -0.4 is 14.2 Å². The lowest BCUT2D eigenvalue weighted by Crippen LogP contribution is -2.28. The van der Waals surface area contributed by atoms with E-state index in [0.29, 0.717) is 22.8 Å². The standard InChI is InChI=1S/C22H25BrO7/c1-26-15-10-18(27-2)20(19(11-15)28-3)16(13-6-8-14(23)9-7-13)12-17(21(24)29-4)22(25)30-5/h6-11,16-17H,12H2,1-5H3. The SMILES string of the molecule is COC(=O)C(CC(c1ccc(Br)cc1)c1c(OC)cc(OC)cc1OC)C(=O)OC. The van der Waals surface area contributed by atoms with Crippen molar-refractivity contribution in [2.75, 3.05) is 35.5 Å². The lowest BCUT2D eigenvalue weighted by molar-refractivity contribution is -0.159. The Labute approximate surface area is 184 Å². The van der Waals surface area contributed by atoms with Crippen molar-refractivity contribution >= 4 is 27.9 Å². The molecule has 30 heavy (non-hydrogen) atoms. The molecule has 0 amide bonds. The fraction of sp³-hybridized carbons (Fsp3) is 0.364. The van der Waals surface area contributed by atoms with Gasteiger partial charge in [-0.25, -0.2) is 0 Å². The molecule has 2 aromatic rings. The molecule has 0 aliphatic carbocycles. The largest absolute Gasteiger partial charge is 0.496 e. The smallest absolute Gasteiger partial charge is 0.320 e. The molecule has 0 spiro atoms. The molecular weight excluding hydrogens is 456 g/mol. The van der Waals surface area contributed by atoms with Gasteiger partial charge in [-0.15, -0.1) is 0 Å². The molecule has 2 aromatic carbocycles. The molecule has 2 rings (SSSR count). The number of esters is 2. The van der Waals surface area contributed by atoms with Crippen molar-refractivity contribution in [2.45, 2.75) is 12.3 Å². The van der Waals surface area contributed by atoms with Gasteiger partial charge >= 0.3 is 11.9 Å². The van der Waals surface area contributed by atoms with Gasteiger partial charge in [0.15, 0.2) is 5.92 Å². The van der Waals surface area contributed by atoms with Gasteiger partial charge in [0.2, 0.25) is 0 Å². The van der Waals surface area contributed by atoms with Gasteiger partial charge in [0.05, 0.1) is 35.5 Å². The summed E-state index contributed by atoms with van der Waals surface area (Å²) in [6.07, 6.45) is 0.0972. The van der Waals surface area contributed by atoms with Crippen molar-refractivity contribution in [1.82, 2.24) is 0 Å². The lowest BCUT2D eigenvalue weighted by atomic mass is 9.82. The monoisotopic (exact) mass is 480 g/mol. The van der Waals surface area contributed by atoms with E-state index in [4.69, 9.17) is 23.7 Å². The fourth-order valence-electron chi connectivity index (χ4n) is 3.30. The number of carbonyl (C=O) groups is 2. The molecule has 8 heteroatoms. The van der Waals surface area contributed by atoms with Crippen LogP contribution >= 0.6 is 15.9 Å². The summed E-state index contributed by atoms with van der Waals surface area (Å²) in [4.78, 5) is 24.7. The van der Waals surface area contributed by atoms with Gasteiger partial charge in [-0.3, -0.25) is 9.59 Å². The van der Waals surface area contributed by atoms with E-state index in [2.05, 4.69) is 15.9 Å². The Kier molecular flexibility index (Phi) is 8.53. The van der Waals surface area contributed by atoms with Crippen LogP contribution in [-0.2, 0) is 19.1 Å². The second kappa shape index (κ2) is 10.9. The topological polar surface area (TPSA) is 80.3 Å². The Balaban J connectivity index is 2.69. The van der Waals surface area contributed by atoms with Crippen molar-refractivity contribution in [3.05, 3.63) is 52.0 Å². The Morgan fingerprint density at radius 1 is 0.833 bits per heavy atom. The third-order valence-electron chi connectivity index (χ3n) is 4.82. The molecule has 162 valence electrons. The summed E-state index contributed by atoms with van der Waals surface area (Å²) in [7, 11) is 7.09. The van der Waals surface area contributed by atoms with Gasteiger partial charge in [-0.05, 0) is 24.1 Å². The quantitative estimate of drug-likeness (QED) is 0.396. The average molecular weight is 481 g/mol. The average Bonchev–Trinajstić information content (AvgIpc) is 2.78. The minimum absolute atomic E-state index is 0.0972. The number of halogens is 1. The predicted molar refractivity (Wildman–Crippen MR) is 114 cm³/mol. The zero-order chi connectivity index (χ0) is 22.3. The molecule has 1 atom stereocenters. The number of methoxy groups -OCH3 is 5. The van der Waals surface area contributed by atoms with E-state index in [9.17, 15) is 9.59 Å². The predicted octanol–water partition coefficient (Wildman–Crippen LogP) is 3.96. The Bertz CT molecular complexity index is 839. The van der Waals surface area contributed by atoms with Gasteiger partial charge in [-0.2, -0.15) is 0 Å². The van der Waals surface area contributed by atoms with Gasteiger partial charge in [0.1, 0.15) is 17.2 Å². The van der Waals surface area contributed by atoms with E-state index in [1.807, 2.05) is 24.3 Å². The molecule has 0 radical (unpaired) electrons. The number of ether oxygens (including phenoxy) is 5. The molecule has 0 aliphatic heterocycles. The summed E-state index contributed by atoms with van der Waals surface area (Å²) in [5, 5.41) is 0. The van der Waals surface area contributed by atoms with Crippen molar-refractivity contribution in [2.24, 2.45) is 5.92 Å². The minimum atomic E-state index is -1.12. The molecule has 0 saturated heterocycles. The van der Waals surface area contributed by atoms with Gasteiger partial charge < -0.3 is 23.7 Å². The maximum Gasteiger partial charge on any atom is 0.320 e. The molecule has 0 bridgehead atoms. The summed E-state index contributed by atoms with van der Waals surface area (Å²) in [6.45, 7) is 0.